The second-order valence-corrected chi connectivity index (χ2v) is 4.07. The van der Waals surface area contributed by atoms with Gasteiger partial charge in [-0.15, -0.1) is 0 Å². The van der Waals surface area contributed by atoms with Crippen molar-refractivity contribution in [3.63, 3.8) is 0 Å². The van der Waals surface area contributed by atoms with Crippen LogP contribution in [-0.4, -0.2) is 20.9 Å². The molecule has 82 valence electrons. The standard InChI is InChI=1S/C10H8BrN3O2/c11-6-4-13-14(5-6)9-7(10(15)16)2-1-3-8(9)12/h1-5H,12H2,(H,15,16). The number of rotatable bonds is 2. The minimum atomic E-state index is -1.03. The van der Waals surface area contributed by atoms with Crippen molar-refractivity contribution in [3.8, 4) is 5.69 Å². The molecular formula is C10H8BrN3O2. The Kier molecular flexibility index (Phi) is 2.66. The van der Waals surface area contributed by atoms with Gasteiger partial charge in [0.25, 0.3) is 0 Å². The van der Waals surface area contributed by atoms with Crippen LogP contribution < -0.4 is 5.73 Å². The Bertz CT molecular complexity index is 551. The molecule has 0 aliphatic heterocycles. The van der Waals surface area contributed by atoms with Gasteiger partial charge in [-0.1, -0.05) is 6.07 Å². The molecule has 0 saturated heterocycles. The van der Waals surface area contributed by atoms with Gasteiger partial charge in [-0.2, -0.15) is 5.10 Å². The number of hydrogen-bond donors (Lipinski definition) is 2. The van der Waals surface area contributed by atoms with E-state index < -0.39 is 5.97 Å². The largest absolute Gasteiger partial charge is 0.478 e. The minimum absolute atomic E-state index is 0.121. The summed E-state index contributed by atoms with van der Waals surface area (Å²) in [5.74, 6) is -1.03. The van der Waals surface area contributed by atoms with Crippen LogP contribution in [0.1, 0.15) is 10.4 Å². The SMILES string of the molecule is Nc1cccc(C(=O)O)c1-n1cc(Br)cn1. The molecule has 0 fully saturated rings. The predicted molar refractivity (Wildman–Crippen MR) is 62.6 cm³/mol. The molecule has 2 rings (SSSR count). The fourth-order valence-corrected chi connectivity index (χ4v) is 1.70. The molecule has 0 amide bonds. The molecule has 0 unspecified atom stereocenters. The highest BCUT2D eigenvalue weighted by Crippen LogP contribution is 2.22. The van der Waals surface area contributed by atoms with Crippen LogP contribution >= 0.6 is 15.9 Å². The van der Waals surface area contributed by atoms with Crippen LogP contribution in [0.15, 0.2) is 35.1 Å². The normalized spacial score (nSPS) is 10.3. The maximum absolute atomic E-state index is 11.0. The number of aromatic nitrogens is 2. The van der Waals surface area contributed by atoms with Crippen molar-refractivity contribution in [2.45, 2.75) is 0 Å². The van der Waals surface area contributed by atoms with E-state index in [4.69, 9.17) is 10.8 Å². The number of para-hydroxylation sites is 1. The van der Waals surface area contributed by atoms with E-state index in [0.717, 1.165) is 4.47 Å². The van der Waals surface area contributed by atoms with Crippen LogP contribution in [0.5, 0.6) is 0 Å². The topological polar surface area (TPSA) is 81.1 Å². The number of benzene rings is 1. The fourth-order valence-electron chi connectivity index (χ4n) is 1.41. The lowest BCUT2D eigenvalue weighted by Crippen LogP contribution is -2.08. The number of nitrogens with two attached hydrogens (primary N) is 1. The zero-order valence-corrected chi connectivity index (χ0v) is 9.68. The van der Waals surface area contributed by atoms with E-state index in [9.17, 15) is 4.79 Å². The molecule has 0 saturated carbocycles. The molecule has 1 aromatic heterocycles. The van der Waals surface area contributed by atoms with Crippen LogP contribution in [0.2, 0.25) is 0 Å². The van der Waals surface area contributed by atoms with E-state index in [1.807, 2.05) is 0 Å². The zero-order chi connectivity index (χ0) is 11.7. The maximum Gasteiger partial charge on any atom is 0.337 e. The van der Waals surface area contributed by atoms with Crippen LogP contribution in [0, 0.1) is 0 Å². The number of anilines is 1. The number of carboxylic acid groups (broad SMARTS) is 1. The third-order valence-corrected chi connectivity index (χ3v) is 2.49. The van der Waals surface area contributed by atoms with Crippen molar-refractivity contribution in [1.82, 2.24) is 9.78 Å². The van der Waals surface area contributed by atoms with Crippen LogP contribution in [0.3, 0.4) is 0 Å². The van der Waals surface area contributed by atoms with Crippen LogP contribution in [0.4, 0.5) is 5.69 Å². The fraction of sp³-hybridized carbons (Fsp3) is 0. The van der Waals surface area contributed by atoms with Gasteiger partial charge in [0, 0.05) is 6.20 Å². The molecule has 2 aromatic rings. The number of carboxylic acids is 1. The summed E-state index contributed by atoms with van der Waals surface area (Å²) in [6.45, 7) is 0. The van der Waals surface area contributed by atoms with Gasteiger partial charge in [0.1, 0.15) is 5.69 Å². The smallest absolute Gasteiger partial charge is 0.337 e. The summed E-state index contributed by atoms with van der Waals surface area (Å²) in [6.07, 6.45) is 3.22. The first-order valence-electron chi connectivity index (χ1n) is 4.42. The number of nitrogens with zero attached hydrogens (tertiary/aromatic N) is 2. The van der Waals surface area contributed by atoms with Crippen molar-refractivity contribution in [2.75, 3.05) is 5.73 Å². The van der Waals surface area contributed by atoms with E-state index in [-0.39, 0.29) is 5.56 Å². The Morgan fingerprint density at radius 3 is 2.81 bits per heavy atom. The molecule has 16 heavy (non-hydrogen) atoms. The van der Waals surface area contributed by atoms with Crippen LogP contribution in [0.25, 0.3) is 5.69 Å². The lowest BCUT2D eigenvalue weighted by molar-refractivity contribution is 0.0697. The molecule has 1 heterocycles. The highest BCUT2D eigenvalue weighted by molar-refractivity contribution is 9.10. The Morgan fingerprint density at radius 1 is 1.50 bits per heavy atom. The van der Waals surface area contributed by atoms with E-state index >= 15 is 0 Å². The summed E-state index contributed by atoms with van der Waals surface area (Å²) in [6, 6.07) is 4.72. The quantitative estimate of drug-likeness (QED) is 0.824. The van der Waals surface area contributed by atoms with Gasteiger partial charge in [-0.05, 0) is 28.1 Å². The van der Waals surface area contributed by atoms with Gasteiger partial charge in [-0.25, -0.2) is 9.48 Å². The molecule has 0 bridgehead atoms. The number of halogens is 1. The minimum Gasteiger partial charge on any atom is -0.478 e. The number of hydrogen-bond acceptors (Lipinski definition) is 3. The number of nitrogen functional groups attached to an aromatic ring is 1. The second-order valence-electron chi connectivity index (χ2n) is 3.15. The first kappa shape index (κ1) is 10.7. The molecule has 0 aliphatic carbocycles. The van der Waals surface area contributed by atoms with Gasteiger partial charge in [-0.3, -0.25) is 0 Å². The Balaban J connectivity index is 2.67. The van der Waals surface area contributed by atoms with Gasteiger partial charge >= 0.3 is 5.97 Å². The highest BCUT2D eigenvalue weighted by Gasteiger charge is 2.14. The van der Waals surface area contributed by atoms with Gasteiger partial charge < -0.3 is 10.8 Å². The van der Waals surface area contributed by atoms with Crippen molar-refractivity contribution < 1.29 is 9.90 Å². The average Bonchev–Trinajstić information content (AvgIpc) is 2.64. The Labute approximate surface area is 99.6 Å². The Morgan fingerprint density at radius 2 is 2.25 bits per heavy atom. The van der Waals surface area contributed by atoms with E-state index in [1.165, 1.54) is 10.7 Å². The van der Waals surface area contributed by atoms with Gasteiger partial charge in [0.2, 0.25) is 0 Å². The lowest BCUT2D eigenvalue weighted by Gasteiger charge is -2.08. The summed E-state index contributed by atoms with van der Waals surface area (Å²) < 4.78 is 2.19. The van der Waals surface area contributed by atoms with Crippen molar-refractivity contribution in [3.05, 3.63) is 40.6 Å². The van der Waals surface area contributed by atoms with Crippen LogP contribution in [-0.2, 0) is 0 Å². The lowest BCUT2D eigenvalue weighted by atomic mass is 10.1. The summed E-state index contributed by atoms with van der Waals surface area (Å²) in [7, 11) is 0. The second kappa shape index (κ2) is 3.97. The summed E-state index contributed by atoms with van der Waals surface area (Å²) in [4.78, 5) is 11.0. The van der Waals surface area contributed by atoms with Gasteiger partial charge in [0.05, 0.1) is 21.9 Å². The molecular weight excluding hydrogens is 274 g/mol. The van der Waals surface area contributed by atoms with Crippen molar-refractivity contribution in [1.29, 1.82) is 0 Å². The van der Waals surface area contributed by atoms with Crippen molar-refractivity contribution in [2.24, 2.45) is 0 Å². The first-order chi connectivity index (χ1) is 7.59. The molecule has 6 heteroatoms. The van der Waals surface area contributed by atoms with Gasteiger partial charge in [0.15, 0.2) is 0 Å². The summed E-state index contributed by atoms with van der Waals surface area (Å²) >= 11 is 3.24. The van der Waals surface area contributed by atoms with E-state index in [0.29, 0.717) is 11.4 Å². The molecule has 1 aromatic carbocycles. The van der Waals surface area contributed by atoms with Crippen molar-refractivity contribution >= 4 is 27.6 Å². The Hall–Kier alpha value is -1.82. The number of aromatic carboxylic acids is 1. The van der Waals surface area contributed by atoms with E-state index in [1.54, 1.807) is 24.5 Å². The third-order valence-electron chi connectivity index (χ3n) is 2.08. The molecule has 0 spiro atoms. The highest BCUT2D eigenvalue weighted by atomic mass is 79.9. The predicted octanol–water partition coefficient (Wildman–Crippen LogP) is 1.92. The molecule has 5 nitrogen and oxygen atoms in total. The summed E-state index contributed by atoms with van der Waals surface area (Å²) in [5, 5.41) is 13.1. The molecule has 0 aliphatic rings. The molecule has 3 N–H and O–H groups in total. The molecule has 0 radical (unpaired) electrons. The van der Waals surface area contributed by atoms with E-state index in [2.05, 4.69) is 21.0 Å². The monoisotopic (exact) mass is 281 g/mol. The average molecular weight is 282 g/mol. The summed E-state index contributed by atoms with van der Waals surface area (Å²) in [5.41, 5.74) is 6.63. The maximum atomic E-state index is 11.0. The molecule has 0 atom stereocenters. The zero-order valence-electron chi connectivity index (χ0n) is 8.09. The number of carbonyl (C=O) groups is 1. The third kappa shape index (κ3) is 1.79. The first-order valence-corrected chi connectivity index (χ1v) is 5.21.